The van der Waals surface area contributed by atoms with Crippen LogP contribution in [0.4, 0.5) is 0 Å². The normalized spacial score (nSPS) is 10.8. The lowest BCUT2D eigenvalue weighted by molar-refractivity contribution is 0.499. The molecule has 1 aromatic heterocycles. The van der Waals surface area contributed by atoms with Gasteiger partial charge in [0, 0.05) is 16.5 Å². The average molecular weight is 296 g/mol. The lowest BCUT2D eigenvalue weighted by Crippen LogP contribution is -2.00. The van der Waals surface area contributed by atoms with Crippen molar-refractivity contribution in [1.29, 1.82) is 0 Å². The quantitative estimate of drug-likeness (QED) is 0.942. The number of aryl methyl sites for hydroxylation is 2. The van der Waals surface area contributed by atoms with Gasteiger partial charge in [0.1, 0.15) is 0 Å². The van der Waals surface area contributed by atoms with Gasteiger partial charge in [-0.15, -0.1) is 10.2 Å². The van der Waals surface area contributed by atoms with Crippen LogP contribution in [0.5, 0.6) is 0 Å². The fourth-order valence-electron chi connectivity index (χ4n) is 1.50. The Morgan fingerprint density at radius 2 is 2.18 bits per heavy atom. The van der Waals surface area contributed by atoms with Crippen LogP contribution in [-0.4, -0.2) is 16.7 Å². The van der Waals surface area contributed by atoms with E-state index in [-0.39, 0.29) is 0 Å². The summed E-state index contributed by atoms with van der Waals surface area (Å²) in [5.41, 5.74) is 7.52. The molecule has 0 amide bonds. The molecular weight excluding hydrogens is 282 g/mol. The van der Waals surface area contributed by atoms with Gasteiger partial charge >= 0.3 is 0 Å². The summed E-state index contributed by atoms with van der Waals surface area (Å²) in [6.45, 7) is 2.66. The summed E-state index contributed by atoms with van der Waals surface area (Å²) in [6, 6.07) is 5.95. The maximum atomic E-state index is 5.57. The minimum atomic E-state index is 0.563. The van der Waals surface area contributed by atoms with E-state index in [4.69, 9.17) is 10.2 Å². The molecule has 90 valence electrons. The van der Waals surface area contributed by atoms with Crippen LogP contribution >= 0.6 is 15.9 Å². The number of halogens is 1. The molecule has 0 spiro atoms. The third kappa shape index (κ3) is 2.92. The van der Waals surface area contributed by atoms with Crippen LogP contribution in [-0.2, 0) is 6.42 Å². The lowest BCUT2D eigenvalue weighted by atomic mass is 10.1. The zero-order valence-electron chi connectivity index (χ0n) is 9.61. The molecular formula is C12H14BrN3O. The molecule has 1 aromatic carbocycles. The summed E-state index contributed by atoms with van der Waals surface area (Å²) >= 11 is 3.46. The first-order valence-corrected chi connectivity index (χ1v) is 6.29. The highest BCUT2D eigenvalue weighted by Gasteiger charge is 2.08. The van der Waals surface area contributed by atoms with Gasteiger partial charge in [0.05, 0.1) is 0 Å². The summed E-state index contributed by atoms with van der Waals surface area (Å²) in [7, 11) is 0. The Morgan fingerprint density at radius 1 is 1.35 bits per heavy atom. The fourth-order valence-corrected chi connectivity index (χ4v) is 1.75. The van der Waals surface area contributed by atoms with Crippen molar-refractivity contribution in [2.45, 2.75) is 19.8 Å². The molecule has 1 heterocycles. The smallest absolute Gasteiger partial charge is 0.247 e. The second-order valence-electron chi connectivity index (χ2n) is 3.86. The summed E-state index contributed by atoms with van der Waals surface area (Å²) in [4.78, 5) is 0. The van der Waals surface area contributed by atoms with E-state index in [0.29, 0.717) is 18.3 Å². The molecule has 0 saturated carbocycles. The molecule has 0 fully saturated rings. The van der Waals surface area contributed by atoms with E-state index in [1.807, 2.05) is 25.1 Å². The lowest BCUT2D eigenvalue weighted by Gasteiger charge is -1.99. The van der Waals surface area contributed by atoms with Crippen molar-refractivity contribution in [2.75, 3.05) is 6.54 Å². The first-order valence-electron chi connectivity index (χ1n) is 5.49. The largest absolute Gasteiger partial charge is 0.421 e. The minimum Gasteiger partial charge on any atom is -0.421 e. The van der Waals surface area contributed by atoms with E-state index in [1.54, 1.807) is 0 Å². The topological polar surface area (TPSA) is 64.9 Å². The van der Waals surface area contributed by atoms with Crippen molar-refractivity contribution in [1.82, 2.24) is 10.2 Å². The van der Waals surface area contributed by atoms with Gasteiger partial charge in [0.2, 0.25) is 11.8 Å². The molecule has 0 atom stereocenters. The van der Waals surface area contributed by atoms with Crippen molar-refractivity contribution < 1.29 is 4.42 Å². The molecule has 2 N–H and O–H groups in total. The van der Waals surface area contributed by atoms with Gasteiger partial charge in [0.15, 0.2) is 0 Å². The molecule has 0 aliphatic carbocycles. The molecule has 0 aliphatic rings. The van der Waals surface area contributed by atoms with Gasteiger partial charge in [-0.25, -0.2) is 0 Å². The van der Waals surface area contributed by atoms with Gasteiger partial charge in [-0.3, -0.25) is 0 Å². The summed E-state index contributed by atoms with van der Waals surface area (Å²) in [6.07, 6.45) is 1.60. The Labute approximate surface area is 108 Å². The van der Waals surface area contributed by atoms with E-state index in [9.17, 15) is 0 Å². The van der Waals surface area contributed by atoms with E-state index in [1.165, 1.54) is 0 Å². The summed E-state index contributed by atoms with van der Waals surface area (Å²) in [5, 5.41) is 8.04. The molecule has 2 rings (SSSR count). The number of nitrogens with two attached hydrogens (primary N) is 1. The first-order chi connectivity index (χ1) is 8.20. The van der Waals surface area contributed by atoms with Crippen molar-refractivity contribution in [3.63, 3.8) is 0 Å². The number of rotatable bonds is 4. The molecule has 5 heteroatoms. The zero-order valence-corrected chi connectivity index (χ0v) is 11.2. The highest BCUT2D eigenvalue weighted by Crippen LogP contribution is 2.24. The molecule has 0 saturated heterocycles. The van der Waals surface area contributed by atoms with E-state index in [0.717, 1.165) is 28.4 Å². The van der Waals surface area contributed by atoms with Crippen LogP contribution in [0.1, 0.15) is 17.9 Å². The van der Waals surface area contributed by atoms with E-state index in [2.05, 4.69) is 26.1 Å². The van der Waals surface area contributed by atoms with Gasteiger partial charge in [0.25, 0.3) is 0 Å². The van der Waals surface area contributed by atoms with E-state index < -0.39 is 0 Å². The van der Waals surface area contributed by atoms with Crippen LogP contribution < -0.4 is 5.73 Å². The second kappa shape index (κ2) is 5.42. The Balaban J connectivity index is 2.21. The van der Waals surface area contributed by atoms with Crippen LogP contribution in [0.25, 0.3) is 11.5 Å². The summed E-state index contributed by atoms with van der Waals surface area (Å²) in [5.74, 6) is 1.21. The maximum Gasteiger partial charge on any atom is 0.247 e. The Bertz CT molecular complexity index is 510. The maximum absolute atomic E-state index is 5.57. The number of hydrogen-bond donors (Lipinski definition) is 1. The first kappa shape index (κ1) is 12.3. The van der Waals surface area contributed by atoms with Crippen LogP contribution in [0.2, 0.25) is 0 Å². The molecule has 4 nitrogen and oxygen atoms in total. The van der Waals surface area contributed by atoms with Gasteiger partial charge in [-0.05, 0) is 43.7 Å². The van der Waals surface area contributed by atoms with Crippen LogP contribution in [0.3, 0.4) is 0 Å². The molecule has 0 radical (unpaired) electrons. The zero-order chi connectivity index (χ0) is 12.3. The SMILES string of the molecule is Cc1cc(-c2nnc(CCCN)o2)ccc1Br. The predicted molar refractivity (Wildman–Crippen MR) is 69.5 cm³/mol. The molecule has 0 aliphatic heterocycles. The molecule has 2 aromatic rings. The van der Waals surface area contributed by atoms with Crippen molar-refractivity contribution in [3.05, 3.63) is 34.1 Å². The Morgan fingerprint density at radius 3 is 2.88 bits per heavy atom. The van der Waals surface area contributed by atoms with Crippen molar-refractivity contribution in [3.8, 4) is 11.5 Å². The Kier molecular flexibility index (Phi) is 3.91. The highest BCUT2D eigenvalue weighted by molar-refractivity contribution is 9.10. The monoisotopic (exact) mass is 295 g/mol. The predicted octanol–water partition coefficient (Wildman–Crippen LogP) is 2.70. The standard InChI is InChI=1S/C12H14BrN3O/c1-8-7-9(4-5-10(8)13)12-16-15-11(17-12)3-2-6-14/h4-5,7H,2-3,6,14H2,1H3. The van der Waals surface area contributed by atoms with Crippen molar-refractivity contribution >= 4 is 15.9 Å². The number of hydrogen-bond acceptors (Lipinski definition) is 4. The summed E-state index contributed by atoms with van der Waals surface area (Å²) < 4.78 is 6.65. The second-order valence-corrected chi connectivity index (χ2v) is 4.71. The highest BCUT2D eigenvalue weighted by atomic mass is 79.9. The minimum absolute atomic E-state index is 0.563. The third-order valence-corrected chi connectivity index (χ3v) is 3.36. The van der Waals surface area contributed by atoms with Gasteiger partial charge < -0.3 is 10.2 Å². The van der Waals surface area contributed by atoms with Crippen molar-refractivity contribution in [2.24, 2.45) is 5.73 Å². The number of benzene rings is 1. The third-order valence-electron chi connectivity index (χ3n) is 2.47. The molecule has 0 unspecified atom stereocenters. The van der Waals surface area contributed by atoms with E-state index >= 15 is 0 Å². The van der Waals surface area contributed by atoms with Crippen LogP contribution in [0, 0.1) is 6.92 Å². The van der Waals surface area contributed by atoms with Crippen LogP contribution in [0.15, 0.2) is 27.1 Å². The number of aromatic nitrogens is 2. The van der Waals surface area contributed by atoms with Gasteiger partial charge in [-0.2, -0.15) is 0 Å². The van der Waals surface area contributed by atoms with Gasteiger partial charge in [-0.1, -0.05) is 15.9 Å². The number of nitrogens with zero attached hydrogens (tertiary/aromatic N) is 2. The Hall–Kier alpha value is -1.20. The fraction of sp³-hybridized carbons (Fsp3) is 0.333. The average Bonchev–Trinajstić information content (AvgIpc) is 2.79. The molecule has 17 heavy (non-hydrogen) atoms. The molecule has 0 bridgehead atoms.